The van der Waals surface area contributed by atoms with E-state index in [2.05, 4.69) is 0 Å². The first-order valence-corrected chi connectivity index (χ1v) is 5.47. The molecular formula is C10H18O8. The molecule has 1 heterocycles. The lowest BCUT2D eigenvalue weighted by Gasteiger charge is -2.43. The van der Waals surface area contributed by atoms with Crippen LogP contribution in [-0.2, 0) is 9.53 Å². The molecule has 0 aromatic carbocycles. The van der Waals surface area contributed by atoms with Crippen LogP contribution in [0.2, 0.25) is 0 Å². The van der Waals surface area contributed by atoms with Crippen molar-refractivity contribution >= 4 is 5.97 Å². The Morgan fingerprint density at radius 1 is 1.44 bits per heavy atom. The van der Waals surface area contributed by atoms with E-state index in [1.54, 1.807) is 0 Å². The standard InChI is InChI=1S/C10H18O8/c1-10(9(16)17)2-4(12)6(14)8(18-10)7(15)5(13)3-11/h4-8,11-15H,2-3H2,1H3,(H,16,17). The smallest absolute Gasteiger partial charge is 0.335 e. The summed E-state index contributed by atoms with van der Waals surface area (Å²) in [5, 5.41) is 55.8. The van der Waals surface area contributed by atoms with Gasteiger partial charge in [-0.1, -0.05) is 0 Å². The number of aliphatic hydroxyl groups is 5. The molecule has 1 aliphatic rings. The molecule has 0 spiro atoms. The van der Waals surface area contributed by atoms with Crippen molar-refractivity contribution in [3.8, 4) is 0 Å². The summed E-state index contributed by atoms with van der Waals surface area (Å²) in [6.07, 6.45) is -8.12. The lowest BCUT2D eigenvalue weighted by atomic mass is 9.86. The normalized spacial score (nSPS) is 40.2. The zero-order chi connectivity index (χ0) is 14.1. The Bertz CT molecular complexity index is 308. The molecule has 8 heteroatoms. The number of carbonyl (C=O) groups is 1. The molecule has 0 bridgehead atoms. The average molecular weight is 266 g/mol. The van der Waals surface area contributed by atoms with Gasteiger partial charge in [0.15, 0.2) is 5.60 Å². The van der Waals surface area contributed by atoms with E-state index in [-0.39, 0.29) is 6.42 Å². The van der Waals surface area contributed by atoms with Crippen molar-refractivity contribution in [1.82, 2.24) is 0 Å². The molecule has 0 radical (unpaired) electrons. The van der Waals surface area contributed by atoms with Gasteiger partial charge in [0.05, 0.1) is 12.7 Å². The van der Waals surface area contributed by atoms with Crippen LogP contribution in [0.4, 0.5) is 0 Å². The predicted molar refractivity (Wildman–Crippen MR) is 56.6 cm³/mol. The quantitative estimate of drug-likeness (QED) is 0.316. The van der Waals surface area contributed by atoms with Crippen LogP contribution < -0.4 is 0 Å². The number of rotatable bonds is 4. The van der Waals surface area contributed by atoms with Crippen LogP contribution in [0.25, 0.3) is 0 Å². The second kappa shape index (κ2) is 5.47. The third kappa shape index (κ3) is 2.79. The van der Waals surface area contributed by atoms with E-state index in [0.717, 1.165) is 0 Å². The molecule has 0 saturated carbocycles. The fourth-order valence-corrected chi connectivity index (χ4v) is 1.89. The summed E-state index contributed by atoms with van der Waals surface area (Å²) in [7, 11) is 0. The van der Waals surface area contributed by atoms with Crippen molar-refractivity contribution in [2.45, 2.75) is 49.5 Å². The van der Waals surface area contributed by atoms with Gasteiger partial charge >= 0.3 is 5.97 Å². The molecule has 6 atom stereocenters. The molecule has 8 nitrogen and oxygen atoms in total. The minimum atomic E-state index is -1.78. The highest BCUT2D eigenvalue weighted by Crippen LogP contribution is 2.31. The van der Waals surface area contributed by atoms with Crippen LogP contribution in [0.1, 0.15) is 13.3 Å². The van der Waals surface area contributed by atoms with Gasteiger partial charge in [-0.25, -0.2) is 4.79 Å². The summed E-state index contributed by atoms with van der Waals surface area (Å²) >= 11 is 0. The van der Waals surface area contributed by atoms with E-state index in [9.17, 15) is 25.2 Å². The van der Waals surface area contributed by atoms with Gasteiger partial charge in [-0.3, -0.25) is 0 Å². The van der Waals surface area contributed by atoms with E-state index in [0.29, 0.717) is 0 Å². The van der Waals surface area contributed by atoms with Crippen LogP contribution >= 0.6 is 0 Å². The van der Waals surface area contributed by atoms with Crippen molar-refractivity contribution in [3.05, 3.63) is 0 Å². The molecule has 0 aliphatic carbocycles. The summed E-state index contributed by atoms with van der Waals surface area (Å²) in [5.41, 5.74) is -1.78. The third-order valence-corrected chi connectivity index (χ3v) is 3.10. The van der Waals surface area contributed by atoms with Crippen molar-refractivity contribution in [3.63, 3.8) is 0 Å². The van der Waals surface area contributed by atoms with Gasteiger partial charge in [-0.15, -0.1) is 0 Å². The molecule has 6 N–H and O–H groups in total. The monoisotopic (exact) mass is 266 g/mol. The minimum Gasteiger partial charge on any atom is -0.479 e. The molecule has 0 aromatic heterocycles. The number of hydrogen-bond donors (Lipinski definition) is 6. The molecule has 1 saturated heterocycles. The van der Waals surface area contributed by atoms with Gasteiger partial charge in [0.2, 0.25) is 0 Å². The van der Waals surface area contributed by atoms with E-state index >= 15 is 0 Å². The topological polar surface area (TPSA) is 148 Å². The number of aliphatic hydroxyl groups excluding tert-OH is 5. The highest BCUT2D eigenvalue weighted by Gasteiger charge is 2.51. The summed E-state index contributed by atoms with van der Waals surface area (Å²) < 4.78 is 5.07. The SMILES string of the molecule is CC1(C(=O)O)CC(O)C(O)C(C(O)C(O)CO)O1. The van der Waals surface area contributed by atoms with E-state index in [1.165, 1.54) is 6.92 Å². The van der Waals surface area contributed by atoms with Crippen molar-refractivity contribution in [2.24, 2.45) is 0 Å². The first kappa shape index (κ1) is 15.3. The second-order valence-electron chi connectivity index (χ2n) is 4.62. The zero-order valence-electron chi connectivity index (χ0n) is 9.80. The first-order chi connectivity index (χ1) is 8.23. The molecule has 6 unspecified atom stereocenters. The molecular weight excluding hydrogens is 248 g/mol. The first-order valence-electron chi connectivity index (χ1n) is 5.47. The number of hydrogen-bond acceptors (Lipinski definition) is 7. The highest BCUT2D eigenvalue weighted by molar-refractivity contribution is 5.77. The Kier molecular flexibility index (Phi) is 4.65. The number of carboxylic acid groups (broad SMARTS) is 1. The molecule has 1 rings (SSSR count). The molecule has 1 fully saturated rings. The Morgan fingerprint density at radius 2 is 2.00 bits per heavy atom. The molecule has 1 aliphatic heterocycles. The van der Waals surface area contributed by atoms with Gasteiger partial charge in [0, 0.05) is 6.42 Å². The number of ether oxygens (including phenoxy) is 1. The van der Waals surface area contributed by atoms with E-state index < -0.39 is 48.7 Å². The summed E-state index contributed by atoms with van der Waals surface area (Å²) in [4.78, 5) is 11.0. The van der Waals surface area contributed by atoms with Crippen LogP contribution in [0.3, 0.4) is 0 Å². The van der Waals surface area contributed by atoms with E-state index in [4.69, 9.17) is 14.9 Å². The van der Waals surface area contributed by atoms with Crippen molar-refractivity contribution < 1.29 is 40.2 Å². The summed E-state index contributed by atoms with van der Waals surface area (Å²) in [5.74, 6) is -1.36. The second-order valence-corrected chi connectivity index (χ2v) is 4.62. The number of carboxylic acids is 1. The van der Waals surface area contributed by atoms with Gasteiger partial charge in [-0.2, -0.15) is 0 Å². The molecule has 18 heavy (non-hydrogen) atoms. The van der Waals surface area contributed by atoms with E-state index in [1.807, 2.05) is 0 Å². The van der Waals surface area contributed by atoms with Gasteiger partial charge in [0.25, 0.3) is 0 Å². The van der Waals surface area contributed by atoms with Gasteiger partial charge in [-0.05, 0) is 6.92 Å². The molecule has 0 amide bonds. The van der Waals surface area contributed by atoms with Gasteiger partial charge < -0.3 is 35.4 Å². The van der Waals surface area contributed by atoms with Crippen LogP contribution in [0, 0.1) is 0 Å². The number of aliphatic carboxylic acids is 1. The summed E-state index contributed by atoms with van der Waals surface area (Å²) in [6.45, 7) is 0.406. The molecule has 106 valence electrons. The summed E-state index contributed by atoms with van der Waals surface area (Å²) in [6, 6.07) is 0. The maximum Gasteiger partial charge on any atom is 0.335 e. The van der Waals surface area contributed by atoms with Crippen LogP contribution in [0.15, 0.2) is 0 Å². The fraction of sp³-hybridized carbons (Fsp3) is 0.900. The van der Waals surface area contributed by atoms with Crippen LogP contribution in [-0.4, -0.2) is 79.3 Å². The third-order valence-electron chi connectivity index (χ3n) is 3.10. The zero-order valence-corrected chi connectivity index (χ0v) is 9.80. The maximum atomic E-state index is 11.0. The maximum absolute atomic E-state index is 11.0. The lowest BCUT2D eigenvalue weighted by Crippen LogP contribution is -2.62. The Morgan fingerprint density at radius 3 is 2.44 bits per heavy atom. The Hall–Kier alpha value is -0.770. The lowest BCUT2D eigenvalue weighted by molar-refractivity contribution is -0.249. The van der Waals surface area contributed by atoms with Crippen molar-refractivity contribution in [1.29, 1.82) is 0 Å². The highest BCUT2D eigenvalue weighted by atomic mass is 16.6. The Balaban J connectivity index is 2.92. The van der Waals surface area contributed by atoms with Crippen molar-refractivity contribution in [2.75, 3.05) is 6.61 Å². The average Bonchev–Trinajstić information content (AvgIpc) is 2.31. The largest absolute Gasteiger partial charge is 0.479 e. The molecule has 0 aromatic rings. The van der Waals surface area contributed by atoms with Crippen LogP contribution in [0.5, 0.6) is 0 Å². The van der Waals surface area contributed by atoms with Gasteiger partial charge in [0.1, 0.15) is 24.4 Å². The fourth-order valence-electron chi connectivity index (χ4n) is 1.89. The Labute approximate surface area is 103 Å². The predicted octanol–water partition coefficient (Wildman–Crippen LogP) is -2.95. The minimum absolute atomic E-state index is 0.345.